The van der Waals surface area contributed by atoms with E-state index in [2.05, 4.69) is 13.8 Å². The molecule has 0 saturated heterocycles. The summed E-state index contributed by atoms with van der Waals surface area (Å²) in [6.07, 6.45) is 5.36. The van der Waals surface area contributed by atoms with E-state index in [9.17, 15) is 9.59 Å². The van der Waals surface area contributed by atoms with Crippen LogP contribution in [0.5, 0.6) is 0 Å². The minimum Gasteiger partial charge on any atom is -0.299 e. The second-order valence-electron chi connectivity index (χ2n) is 6.92. The molecule has 0 fully saturated rings. The zero-order chi connectivity index (χ0) is 17.3. The van der Waals surface area contributed by atoms with Gasteiger partial charge < -0.3 is 0 Å². The minimum atomic E-state index is 0.0890. The van der Waals surface area contributed by atoms with Gasteiger partial charge in [0.2, 0.25) is 0 Å². The molecule has 0 N–H and O–H groups in total. The molecule has 0 amide bonds. The number of aryl methyl sites for hydroxylation is 2. The number of aromatic nitrogens is 2. The molecule has 0 aromatic carbocycles. The molecule has 0 saturated carbocycles. The van der Waals surface area contributed by atoms with Crippen molar-refractivity contribution in [3.63, 3.8) is 0 Å². The summed E-state index contributed by atoms with van der Waals surface area (Å²) < 4.78 is 1.80. The van der Waals surface area contributed by atoms with Crippen LogP contribution in [0.25, 0.3) is 10.2 Å². The number of rotatable bonds is 6. The van der Waals surface area contributed by atoms with E-state index in [0.29, 0.717) is 23.4 Å². The summed E-state index contributed by atoms with van der Waals surface area (Å²) in [5.74, 6) is 0.995. The molecule has 0 spiro atoms. The number of carbonyl (C=O) groups excluding carboxylic acids is 1. The number of fused-ring (bicyclic) bond motifs is 3. The minimum absolute atomic E-state index is 0.0890. The molecule has 0 aliphatic heterocycles. The molecule has 0 bridgehead atoms. The molecule has 0 atom stereocenters. The first-order valence-electron chi connectivity index (χ1n) is 8.64. The maximum atomic E-state index is 13.2. The van der Waals surface area contributed by atoms with Crippen LogP contribution in [0.15, 0.2) is 9.95 Å². The van der Waals surface area contributed by atoms with E-state index in [0.717, 1.165) is 35.9 Å². The van der Waals surface area contributed by atoms with E-state index >= 15 is 0 Å². The molecule has 130 valence electrons. The molecule has 2 aromatic heterocycles. The maximum Gasteiger partial charge on any atom is 0.263 e. The molecular formula is C18H24N2O2S2. The Kier molecular flexibility index (Phi) is 5.45. The van der Waals surface area contributed by atoms with Crippen LogP contribution >= 0.6 is 23.1 Å². The number of carbonyl (C=O) groups is 1. The highest BCUT2D eigenvalue weighted by Crippen LogP contribution is 2.34. The number of thioether (sulfide) groups is 1. The van der Waals surface area contributed by atoms with E-state index < -0.39 is 0 Å². The number of ketones is 1. The third-order valence-electron chi connectivity index (χ3n) is 4.37. The molecule has 0 unspecified atom stereocenters. The van der Waals surface area contributed by atoms with Crippen LogP contribution in [0.3, 0.4) is 0 Å². The standard InChI is InChI=1S/C18H24N2O2S2/c1-11(2)8-9-20-17(22)15-13-6-4-5-7-14(13)24-16(15)19-18(20)23-10-12(3)21/h11H,4-10H2,1-3H3. The molecule has 1 aliphatic rings. The molecular weight excluding hydrogens is 340 g/mol. The van der Waals surface area contributed by atoms with Gasteiger partial charge in [-0.2, -0.15) is 0 Å². The largest absolute Gasteiger partial charge is 0.299 e. The smallest absolute Gasteiger partial charge is 0.263 e. The van der Waals surface area contributed by atoms with Gasteiger partial charge in [0.05, 0.1) is 11.1 Å². The Morgan fingerprint density at radius 2 is 2.08 bits per heavy atom. The first-order valence-corrected chi connectivity index (χ1v) is 10.4. The van der Waals surface area contributed by atoms with Crippen molar-refractivity contribution in [3.05, 3.63) is 20.8 Å². The molecule has 24 heavy (non-hydrogen) atoms. The first kappa shape index (κ1) is 17.7. The molecule has 3 rings (SSSR count). The van der Waals surface area contributed by atoms with Gasteiger partial charge in [-0.05, 0) is 50.5 Å². The topological polar surface area (TPSA) is 52.0 Å². The predicted octanol–water partition coefficient (Wildman–Crippen LogP) is 4.06. The van der Waals surface area contributed by atoms with Crippen LogP contribution in [-0.4, -0.2) is 21.1 Å². The van der Waals surface area contributed by atoms with Crippen molar-refractivity contribution >= 4 is 39.1 Å². The Hall–Kier alpha value is -1.14. The summed E-state index contributed by atoms with van der Waals surface area (Å²) in [5, 5.41) is 1.53. The van der Waals surface area contributed by atoms with Crippen LogP contribution in [0, 0.1) is 5.92 Å². The number of hydrogen-bond acceptors (Lipinski definition) is 5. The maximum absolute atomic E-state index is 13.2. The Balaban J connectivity index is 2.11. The van der Waals surface area contributed by atoms with Crippen LogP contribution in [0.1, 0.15) is 50.5 Å². The lowest BCUT2D eigenvalue weighted by Crippen LogP contribution is -2.24. The van der Waals surface area contributed by atoms with Gasteiger partial charge in [-0.15, -0.1) is 11.3 Å². The van der Waals surface area contributed by atoms with Gasteiger partial charge in [0.25, 0.3) is 5.56 Å². The van der Waals surface area contributed by atoms with Gasteiger partial charge in [-0.3, -0.25) is 14.2 Å². The van der Waals surface area contributed by atoms with Gasteiger partial charge in [-0.25, -0.2) is 4.98 Å². The monoisotopic (exact) mass is 364 g/mol. The zero-order valence-electron chi connectivity index (χ0n) is 14.6. The highest BCUT2D eigenvalue weighted by molar-refractivity contribution is 7.99. The molecule has 6 heteroatoms. The van der Waals surface area contributed by atoms with Crippen LogP contribution in [0.2, 0.25) is 0 Å². The van der Waals surface area contributed by atoms with Crippen molar-refractivity contribution in [3.8, 4) is 0 Å². The van der Waals surface area contributed by atoms with E-state index in [1.54, 1.807) is 22.8 Å². The molecule has 2 aromatic rings. The SMILES string of the molecule is CC(=O)CSc1nc2sc3c(c2c(=O)n1CCC(C)C)CCCC3. The molecule has 1 aliphatic carbocycles. The Bertz CT molecular complexity index is 821. The highest BCUT2D eigenvalue weighted by Gasteiger charge is 2.22. The Morgan fingerprint density at radius 3 is 2.79 bits per heavy atom. The lowest BCUT2D eigenvalue weighted by atomic mass is 9.97. The number of nitrogens with zero attached hydrogens (tertiary/aromatic N) is 2. The predicted molar refractivity (Wildman–Crippen MR) is 101 cm³/mol. The van der Waals surface area contributed by atoms with E-state index in [1.807, 2.05) is 0 Å². The summed E-state index contributed by atoms with van der Waals surface area (Å²) >= 11 is 3.06. The van der Waals surface area contributed by atoms with Gasteiger partial charge in [0.15, 0.2) is 5.16 Å². The Morgan fingerprint density at radius 1 is 1.33 bits per heavy atom. The van der Waals surface area contributed by atoms with Gasteiger partial charge in [0.1, 0.15) is 10.6 Å². The van der Waals surface area contributed by atoms with E-state index in [-0.39, 0.29) is 11.3 Å². The Labute approximate surface area is 150 Å². The quantitative estimate of drug-likeness (QED) is 0.573. The van der Waals surface area contributed by atoms with E-state index in [1.165, 1.54) is 28.6 Å². The van der Waals surface area contributed by atoms with Crippen molar-refractivity contribution in [2.45, 2.75) is 64.6 Å². The summed E-state index contributed by atoms with van der Waals surface area (Å²) in [7, 11) is 0. The first-order chi connectivity index (χ1) is 11.5. The van der Waals surface area contributed by atoms with Crippen LogP contribution < -0.4 is 5.56 Å². The summed E-state index contributed by atoms with van der Waals surface area (Å²) in [6, 6.07) is 0. The number of thiophene rings is 1. The fraction of sp³-hybridized carbons (Fsp3) is 0.611. The average molecular weight is 365 g/mol. The van der Waals surface area contributed by atoms with Crippen LogP contribution in [-0.2, 0) is 24.2 Å². The lowest BCUT2D eigenvalue weighted by molar-refractivity contribution is -0.114. The van der Waals surface area contributed by atoms with Crippen molar-refractivity contribution < 1.29 is 4.79 Å². The molecule has 0 radical (unpaired) electrons. The third-order valence-corrected chi connectivity index (χ3v) is 6.68. The average Bonchev–Trinajstić information content (AvgIpc) is 2.90. The molecule has 4 nitrogen and oxygen atoms in total. The normalized spacial score (nSPS) is 14.3. The second kappa shape index (κ2) is 7.40. The van der Waals surface area contributed by atoms with Crippen molar-refractivity contribution in [1.82, 2.24) is 9.55 Å². The second-order valence-corrected chi connectivity index (χ2v) is 8.94. The zero-order valence-corrected chi connectivity index (χ0v) is 16.2. The lowest BCUT2D eigenvalue weighted by Gasteiger charge is -2.14. The highest BCUT2D eigenvalue weighted by atomic mass is 32.2. The third kappa shape index (κ3) is 3.59. The fourth-order valence-corrected chi connectivity index (χ4v) is 5.21. The van der Waals surface area contributed by atoms with Gasteiger partial charge in [-0.1, -0.05) is 25.6 Å². The van der Waals surface area contributed by atoms with Gasteiger partial charge in [0, 0.05) is 11.4 Å². The van der Waals surface area contributed by atoms with Crippen molar-refractivity contribution in [1.29, 1.82) is 0 Å². The summed E-state index contributed by atoms with van der Waals surface area (Å²) in [4.78, 5) is 31.5. The summed E-state index contributed by atoms with van der Waals surface area (Å²) in [6.45, 7) is 6.56. The van der Waals surface area contributed by atoms with Crippen molar-refractivity contribution in [2.24, 2.45) is 5.92 Å². The number of Topliss-reactive ketones (excluding diaryl/α,β-unsaturated/α-hetero) is 1. The van der Waals surface area contributed by atoms with Crippen LogP contribution in [0.4, 0.5) is 0 Å². The van der Waals surface area contributed by atoms with E-state index in [4.69, 9.17) is 4.98 Å². The number of hydrogen-bond donors (Lipinski definition) is 0. The fourth-order valence-electron chi connectivity index (χ4n) is 3.08. The van der Waals surface area contributed by atoms with Gasteiger partial charge >= 0.3 is 0 Å². The summed E-state index contributed by atoms with van der Waals surface area (Å²) in [5.41, 5.74) is 1.33. The van der Waals surface area contributed by atoms with Crippen molar-refractivity contribution in [2.75, 3.05) is 5.75 Å². The molecule has 2 heterocycles.